The Kier molecular flexibility index (Phi) is 6.84. The normalized spacial score (nSPS) is 25.6. The maximum atomic E-state index is 13.0. The third kappa shape index (κ3) is 4.83. The minimum atomic E-state index is -5.83. The quantitative estimate of drug-likeness (QED) is 0.423. The Labute approximate surface area is 183 Å². The van der Waals surface area contributed by atoms with E-state index in [9.17, 15) is 26.4 Å². The van der Waals surface area contributed by atoms with Crippen molar-refractivity contribution < 1.29 is 30.6 Å². The summed E-state index contributed by atoms with van der Waals surface area (Å²) in [6.45, 7) is 2.81. The van der Waals surface area contributed by atoms with Gasteiger partial charge in [-0.05, 0) is 37.2 Å². The lowest BCUT2D eigenvalue weighted by Gasteiger charge is -2.36. The van der Waals surface area contributed by atoms with Gasteiger partial charge in [0, 0.05) is 40.7 Å². The zero-order chi connectivity index (χ0) is 22.3. The molecule has 0 spiro atoms. The predicted octanol–water partition coefficient (Wildman–Crippen LogP) is 5.19. The number of carbonyl (C=O) groups excluding carboxylic acids is 1. The highest BCUT2D eigenvalue weighted by Gasteiger charge is 2.48. The van der Waals surface area contributed by atoms with Crippen molar-refractivity contribution in [3.8, 4) is 5.75 Å². The summed E-state index contributed by atoms with van der Waals surface area (Å²) in [4.78, 5) is 14.9. The van der Waals surface area contributed by atoms with Crippen LogP contribution in [-0.4, -0.2) is 37.3 Å². The number of benzene rings is 1. The molecule has 0 N–H and O–H groups in total. The van der Waals surface area contributed by atoms with Crippen molar-refractivity contribution in [3.63, 3.8) is 0 Å². The second-order valence-corrected chi connectivity index (χ2v) is 10.3. The highest BCUT2D eigenvalue weighted by molar-refractivity contribution is 7.88. The van der Waals surface area contributed by atoms with Crippen molar-refractivity contribution in [2.75, 3.05) is 6.54 Å². The van der Waals surface area contributed by atoms with Crippen molar-refractivity contribution in [3.05, 3.63) is 27.7 Å². The van der Waals surface area contributed by atoms with E-state index in [4.69, 9.17) is 23.2 Å². The Morgan fingerprint density at radius 3 is 2.30 bits per heavy atom. The van der Waals surface area contributed by atoms with Gasteiger partial charge in [0.25, 0.3) is 0 Å². The van der Waals surface area contributed by atoms with Crippen molar-refractivity contribution in [1.29, 1.82) is 0 Å². The van der Waals surface area contributed by atoms with E-state index in [0.717, 1.165) is 31.4 Å². The maximum absolute atomic E-state index is 13.0. The summed E-state index contributed by atoms with van der Waals surface area (Å²) in [6.07, 6.45) is 5.21. The van der Waals surface area contributed by atoms with Gasteiger partial charge in [0.15, 0.2) is 0 Å². The molecule has 1 aliphatic carbocycles. The van der Waals surface area contributed by atoms with Crippen molar-refractivity contribution in [2.24, 2.45) is 11.8 Å². The molecule has 168 valence electrons. The largest absolute Gasteiger partial charge is 0.534 e. The van der Waals surface area contributed by atoms with E-state index in [1.165, 1.54) is 6.42 Å². The van der Waals surface area contributed by atoms with Crippen LogP contribution in [0.1, 0.15) is 44.6 Å². The van der Waals surface area contributed by atoms with Crippen LogP contribution in [0.4, 0.5) is 13.2 Å². The van der Waals surface area contributed by atoms with Gasteiger partial charge in [-0.3, -0.25) is 4.79 Å². The van der Waals surface area contributed by atoms with Gasteiger partial charge >= 0.3 is 15.6 Å². The number of hydrogen-bond acceptors (Lipinski definition) is 4. The summed E-state index contributed by atoms with van der Waals surface area (Å²) < 4.78 is 64.0. The van der Waals surface area contributed by atoms with Crippen LogP contribution < -0.4 is 4.18 Å². The first-order valence-corrected chi connectivity index (χ1v) is 11.9. The van der Waals surface area contributed by atoms with Crippen LogP contribution in [-0.2, 0) is 21.3 Å². The molecule has 1 heterocycles. The lowest BCUT2D eigenvalue weighted by Crippen LogP contribution is -2.43. The van der Waals surface area contributed by atoms with E-state index in [2.05, 4.69) is 11.1 Å². The second-order valence-electron chi connectivity index (χ2n) is 7.90. The van der Waals surface area contributed by atoms with E-state index in [1.807, 2.05) is 4.90 Å². The highest BCUT2D eigenvalue weighted by atomic mass is 35.5. The van der Waals surface area contributed by atoms with Gasteiger partial charge in [0.2, 0.25) is 5.91 Å². The molecule has 5 nitrogen and oxygen atoms in total. The molecule has 3 rings (SSSR count). The van der Waals surface area contributed by atoms with E-state index in [0.29, 0.717) is 24.4 Å². The summed E-state index contributed by atoms with van der Waals surface area (Å²) in [7, 11) is -5.83. The van der Waals surface area contributed by atoms with Gasteiger partial charge in [-0.25, -0.2) is 0 Å². The third-order valence-electron chi connectivity index (χ3n) is 5.87. The molecule has 3 unspecified atom stereocenters. The minimum Gasteiger partial charge on any atom is -0.376 e. The number of halogens is 5. The van der Waals surface area contributed by atoms with E-state index in [-0.39, 0.29) is 34.3 Å². The summed E-state index contributed by atoms with van der Waals surface area (Å²) in [5.41, 5.74) is -5.19. The van der Waals surface area contributed by atoms with Crippen LogP contribution in [0.25, 0.3) is 0 Å². The molecule has 2 aliphatic rings. The van der Waals surface area contributed by atoms with E-state index >= 15 is 0 Å². The van der Waals surface area contributed by atoms with E-state index < -0.39 is 21.4 Å². The first-order chi connectivity index (χ1) is 13.9. The Balaban J connectivity index is 1.74. The Bertz CT molecular complexity index is 900. The molecule has 0 bridgehead atoms. The summed E-state index contributed by atoms with van der Waals surface area (Å²) in [6, 6.07) is 2.16. The molecular weight excluding hydrogens is 466 g/mol. The molecular formula is C19H22Cl2F3NO4S. The van der Waals surface area contributed by atoms with E-state index in [1.54, 1.807) is 0 Å². The average Bonchev–Trinajstić information content (AvgIpc) is 2.98. The number of hydrogen-bond donors (Lipinski definition) is 0. The van der Waals surface area contributed by atoms with Crippen LogP contribution in [0.3, 0.4) is 0 Å². The number of alkyl halides is 3. The predicted molar refractivity (Wildman–Crippen MR) is 107 cm³/mol. The monoisotopic (exact) mass is 487 g/mol. The fraction of sp³-hybridized carbons (Fsp3) is 0.632. The second kappa shape index (κ2) is 8.74. The SMILES string of the molecule is CC1CCCCC1N1CCC(Cc2c(Cl)cc(OS(=O)(=O)C(F)(F)F)cc2Cl)C1=O. The Hall–Kier alpha value is -1.19. The molecule has 11 heteroatoms. The van der Waals surface area contributed by atoms with Gasteiger partial charge in [0.1, 0.15) is 5.75 Å². The van der Waals surface area contributed by atoms with Gasteiger partial charge in [0.05, 0.1) is 0 Å². The fourth-order valence-electron chi connectivity index (χ4n) is 4.28. The lowest BCUT2D eigenvalue weighted by molar-refractivity contribution is -0.134. The molecule has 1 aromatic rings. The van der Waals surface area contributed by atoms with Gasteiger partial charge in [-0.15, -0.1) is 0 Å². The maximum Gasteiger partial charge on any atom is 0.534 e. The molecule has 30 heavy (non-hydrogen) atoms. The molecule has 3 atom stereocenters. The smallest absolute Gasteiger partial charge is 0.376 e. The number of rotatable bonds is 5. The van der Waals surface area contributed by atoms with Crippen LogP contribution >= 0.6 is 23.2 Å². The van der Waals surface area contributed by atoms with Crippen molar-refractivity contribution in [1.82, 2.24) is 4.90 Å². The van der Waals surface area contributed by atoms with Crippen molar-refractivity contribution >= 4 is 39.2 Å². The lowest BCUT2D eigenvalue weighted by atomic mass is 9.85. The van der Waals surface area contributed by atoms with Crippen molar-refractivity contribution in [2.45, 2.75) is 57.0 Å². The molecule has 1 saturated heterocycles. The molecule has 1 aliphatic heterocycles. The number of nitrogens with zero attached hydrogens (tertiary/aromatic N) is 1. The molecule has 1 saturated carbocycles. The van der Waals surface area contributed by atoms with Gasteiger partial charge in [-0.2, -0.15) is 21.6 Å². The average molecular weight is 488 g/mol. The highest BCUT2D eigenvalue weighted by Crippen LogP contribution is 2.38. The number of carbonyl (C=O) groups is 1. The van der Waals surface area contributed by atoms with Gasteiger partial charge < -0.3 is 9.08 Å². The number of amides is 1. The third-order valence-corrected chi connectivity index (χ3v) is 7.53. The molecule has 2 fully saturated rings. The standard InChI is InChI=1S/C19H22Cl2F3NO4S/c1-11-4-2-3-5-17(11)25-7-6-12(18(25)26)8-14-15(20)9-13(10-16(14)21)29-30(27,28)19(22,23)24/h9-12,17H,2-8H2,1H3. The molecule has 0 radical (unpaired) electrons. The summed E-state index contributed by atoms with van der Waals surface area (Å²) >= 11 is 12.3. The molecule has 0 aromatic heterocycles. The van der Waals surface area contributed by atoms with Gasteiger partial charge in [-0.1, -0.05) is 43.0 Å². The van der Waals surface area contributed by atoms with Crippen LogP contribution in [0.2, 0.25) is 10.0 Å². The summed E-state index contributed by atoms with van der Waals surface area (Å²) in [5.74, 6) is -0.497. The fourth-order valence-corrected chi connectivity index (χ4v) is 5.35. The minimum absolute atomic E-state index is 0.0286. The molecule has 1 amide bonds. The Morgan fingerprint density at radius 1 is 1.13 bits per heavy atom. The Morgan fingerprint density at radius 2 is 1.73 bits per heavy atom. The zero-order valence-electron chi connectivity index (χ0n) is 16.2. The first-order valence-electron chi connectivity index (χ1n) is 9.70. The number of likely N-dealkylation sites (tertiary alicyclic amines) is 1. The first kappa shape index (κ1) is 23.5. The van der Waals surface area contributed by atoms with Crippen LogP contribution in [0.5, 0.6) is 5.75 Å². The van der Waals surface area contributed by atoms with Crippen LogP contribution in [0, 0.1) is 11.8 Å². The zero-order valence-corrected chi connectivity index (χ0v) is 18.5. The summed E-state index contributed by atoms with van der Waals surface area (Å²) in [5, 5.41) is -0.0979. The molecule has 1 aromatic carbocycles. The topological polar surface area (TPSA) is 63.7 Å². The van der Waals surface area contributed by atoms with Crippen LogP contribution in [0.15, 0.2) is 12.1 Å².